The maximum absolute atomic E-state index is 12.5. The van der Waals surface area contributed by atoms with Crippen molar-refractivity contribution in [2.45, 2.75) is 45.2 Å². The standard InChI is InChI=1S/C17H22N4O2/c1-12(2)15-19-16(23-20-15)14-9-6-10-21(14)17(22)18-11-13-7-4-3-5-8-13/h3-5,7-8,12,14H,6,9-11H2,1-2H3,(H,18,22)/t14-/m1/s1. The second-order valence-corrected chi connectivity index (χ2v) is 6.14. The molecule has 1 atom stereocenters. The highest BCUT2D eigenvalue weighted by Gasteiger charge is 2.34. The lowest BCUT2D eigenvalue weighted by molar-refractivity contribution is 0.180. The molecule has 1 N–H and O–H groups in total. The molecule has 0 unspecified atom stereocenters. The first-order valence-corrected chi connectivity index (χ1v) is 8.07. The van der Waals surface area contributed by atoms with E-state index in [-0.39, 0.29) is 18.0 Å². The van der Waals surface area contributed by atoms with E-state index in [1.54, 1.807) is 4.90 Å². The van der Waals surface area contributed by atoms with Crippen LogP contribution in [-0.2, 0) is 6.54 Å². The van der Waals surface area contributed by atoms with Crippen LogP contribution < -0.4 is 5.32 Å². The number of hydrogen-bond acceptors (Lipinski definition) is 4. The van der Waals surface area contributed by atoms with Gasteiger partial charge in [-0.25, -0.2) is 4.79 Å². The minimum atomic E-state index is -0.120. The number of nitrogens with one attached hydrogen (secondary N) is 1. The Morgan fingerprint density at radius 3 is 2.87 bits per heavy atom. The van der Waals surface area contributed by atoms with Crippen LogP contribution in [0.4, 0.5) is 4.79 Å². The molecule has 6 heteroatoms. The highest BCUT2D eigenvalue weighted by molar-refractivity contribution is 5.74. The third-order valence-corrected chi connectivity index (χ3v) is 4.06. The molecular weight excluding hydrogens is 292 g/mol. The largest absolute Gasteiger partial charge is 0.337 e. The van der Waals surface area contributed by atoms with Gasteiger partial charge >= 0.3 is 6.03 Å². The van der Waals surface area contributed by atoms with Crippen LogP contribution in [0.1, 0.15) is 55.9 Å². The fourth-order valence-electron chi connectivity index (χ4n) is 2.76. The zero-order valence-electron chi connectivity index (χ0n) is 13.5. The van der Waals surface area contributed by atoms with Gasteiger partial charge in [0, 0.05) is 19.0 Å². The smallest absolute Gasteiger partial charge is 0.318 e. The molecule has 2 heterocycles. The van der Waals surface area contributed by atoms with E-state index in [9.17, 15) is 4.79 Å². The van der Waals surface area contributed by atoms with E-state index in [0.717, 1.165) is 18.4 Å². The fraction of sp³-hybridized carbons (Fsp3) is 0.471. The summed E-state index contributed by atoms with van der Waals surface area (Å²) >= 11 is 0. The Kier molecular flexibility index (Phi) is 4.60. The van der Waals surface area contributed by atoms with E-state index in [0.29, 0.717) is 24.8 Å². The molecule has 122 valence electrons. The van der Waals surface area contributed by atoms with Crippen molar-refractivity contribution in [2.75, 3.05) is 6.54 Å². The molecule has 0 saturated carbocycles. The molecule has 23 heavy (non-hydrogen) atoms. The van der Waals surface area contributed by atoms with Gasteiger partial charge in [0.05, 0.1) is 0 Å². The minimum absolute atomic E-state index is 0.0827. The number of nitrogens with zero attached hydrogens (tertiary/aromatic N) is 3. The summed E-state index contributed by atoms with van der Waals surface area (Å²) in [5, 5.41) is 6.97. The van der Waals surface area contributed by atoms with E-state index in [4.69, 9.17) is 4.52 Å². The van der Waals surface area contributed by atoms with Crippen molar-refractivity contribution in [2.24, 2.45) is 0 Å². The number of rotatable bonds is 4. The average Bonchev–Trinajstić information content (AvgIpc) is 3.22. The number of amides is 2. The summed E-state index contributed by atoms with van der Waals surface area (Å²) in [5.41, 5.74) is 1.08. The summed E-state index contributed by atoms with van der Waals surface area (Å²) in [4.78, 5) is 18.7. The summed E-state index contributed by atoms with van der Waals surface area (Å²) in [6.45, 7) is 5.27. The quantitative estimate of drug-likeness (QED) is 0.940. The molecule has 1 aromatic carbocycles. The Balaban J connectivity index is 1.64. The zero-order chi connectivity index (χ0) is 16.2. The second-order valence-electron chi connectivity index (χ2n) is 6.14. The number of aromatic nitrogens is 2. The maximum atomic E-state index is 12.5. The van der Waals surface area contributed by atoms with Gasteiger partial charge in [-0.05, 0) is 18.4 Å². The van der Waals surface area contributed by atoms with Crippen LogP contribution in [0.15, 0.2) is 34.9 Å². The first kappa shape index (κ1) is 15.5. The summed E-state index contributed by atoms with van der Waals surface area (Å²) in [5.74, 6) is 1.45. The molecular formula is C17H22N4O2. The molecule has 3 rings (SSSR count). The molecule has 2 aromatic rings. The number of likely N-dealkylation sites (tertiary alicyclic amines) is 1. The van der Waals surface area contributed by atoms with Gasteiger partial charge in [0.25, 0.3) is 0 Å². The van der Waals surface area contributed by atoms with Crippen molar-refractivity contribution < 1.29 is 9.32 Å². The summed E-state index contributed by atoms with van der Waals surface area (Å²) < 4.78 is 5.37. The minimum Gasteiger partial charge on any atom is -0.337 e. The van der Waals surface area contributed by atoms with E-state index in [2.05, 4.69) is 15.5 Å². The Morgan fingerprint density at radius 1 is 1.39 bits per heavy atom. The van der Waals surface area contributed by atoms with Crippen LogP contribution in [0.5, 0.6) is 0 Å². The molecule has 2 amide bonds. The molecule has 0 radical (unpaired) electrons. The van der Waals surface area contributed by atoms with Gasteiger partial charge in [0.15, 0.2) is 5.82 Å². The highest BCUT2D eigenvalue weighted by Crippen LogP contribution is 2.31. The van der Waals surface area contributed by atoms with Crippen molar-refractivity contribution >= 4 is 6.03 Å². The summed E-state index contributed by atoms with van der Waals surface area (Å²) in [6.07, 6.45) is 1.81. The number of carbonyl (C=O) groups is 1. The van der Waals surface area contributed by atoms with Crippen molar-refractivity contribution in [1.82, 2.24) is 20.4 Å². The topological polar surface area (TPSA) is 71.3 Å². The van der Waals surface area contributed by atoms with E-state index in [1.807, 2.05) is 44.2 Å². The van der Waals surface area contributed by atoms with Crippen molar-refractivity contribution in [1.29, 1.82) is 0 Å². The Labute approximate surface area is 135 Å². The molecule has 6 nitrogen and oxygen atoms in total. The Morgan fingerprint density at radius 2 is 2.17 bits per heavy atom. The van der Waals surface area contributed by atoms with Crippen LogP contribution in [0, 0.1) is 0 Å². The monoisotopic (exact) mass is 314 g/mol. The SMILES string of the molecule is CC(C)c1noc([C@H]2CCCN2C(=O)NCc2ccccc2)n1. The first-order valence-electron chi connectivity index (χ1n) is 8.07. The van der Waals surface area contributed by atoms with Gasteiger partial charge in [-0.1, -0.05) is 49.3 Å². The third-order valence-electron chi connectivity index (χ3n) is 4.06. The maximum Gasteiger partial charge on any atom is 0.318 e. The van der Waals surface area contributed by atoms with Gasteiger partial charge in [0.2, 0.25) is 5.89 Å². The molecule has 0 bridgehead atoms. The van der Waals surface area contributed by atoms with Gasteiger partial charge in [-0.2, -0.15) is 4.98 Å². The number of benzene rings is 1. The zero-order valence-corrected chi connectivity index (χ0v) is 13.5. The lowest BCUT2D eigenvalue weighted by Gasteiger charge is -2.22. The summed E-state index contributed by atoms with van der Waals surface area (Å²) in [7, 11) is 0. The predicted molar refractivity (Wildman–Crippen MR) is 85.7 cm³/mol. The normalized spacial score (nSPS) is 17.7. The Bertz CT molecular complexity index is 654. The van der Waals surface area contributed by atoms with E-state index >= 15 is 0 Å². The van der Waals surface area contributed by atoms with E-state index < -0.39 is 0 Å². The predicted octanol–water partition coefficient (Wildman–Crippen LogP) is 3.24. The lowest BCUT2D eigenvalue weighted by Crippen LogP contribution is -2.39. The van der Waals surface area contributed by atoms with Gasteiger partial charge in [0.1, 0.15) is 6.04 Å². The van der Waals surface area contributed by atoms with Gasteiger partial charge in [-0.3, -0.25) is 0 Å². The molecule has 1 fully saturated rings. The molecule has 0 spiro atoms. The van der Waals surface area contributed by atoms with Crippen molar-refractivity contribution in [3.8, 4) is 0 Å². The molecule has 1 aliphatic rings. The summed E-state index contributed by atoms with van der Waals surface area (Å²) in [6, 6.07) is 9.68. The molecule has 1 aromatic heterocycles. The van der Waals surface area contributed by atoms with Crippen LogP contribution in [0.3, 0.4) is 0 Å². The van der Waals surface area contributed by atoms with Crippen LogP contribution in [-0.4, -0.2) is 27.6 Å². The van der Waals surface area contributed by atoms with Crippen molar-refractivity contribution in [3.63, 3.8) is 0 Å². The average molecular weight is 314 g/mol. The number of urea groups is 1. The molecule has 1 aliphatic heterocycles. The van der Waals surface area contributed by atoms with Gasteiger partial charge in [-0.15, -0.1) is 0 Å². The third kappa shape index (κ3) is 3.52. The number of carbonyl (C=O) groups excluding carboxylic acids is 1. The lowest BCUT2D eigenvalue weighted by atomic mass is 10.2. The first-order chi connectivity index (χ1) is 11.1. The van der Waals surface area contributed by atoms with Gasteiger partial charge < -0.3 is 14.7 Å². The Hall–Kier alpha value is -2.37. The molecule has 1 saturated heterocycles. The van der Waals surface area contributed by atoms with Crippen LogP contribution in [0.2, 0.25) is 0 Å². The number of hydrogen-bond donors (Lipinski definition) is 1. The second kappa shape index (κ2) is 6.81. The fourth-order valence-corrected chi connectivity index (χ4v) is 2.76. The van der Waals surface area contributed by atoms with Crippen LogP contribution in [0.25, 0.3) is 0 Å². The highest BCUT2D eigenvalue weighted by atomic mass is 16.5. The van der Waals surface area contributed by atoms with Crippen LogP contribution >= 0.6 is 0 Å². The van der Waals surface area contributed by atoms with E-state index in [1.165, 1.54) is 0 Å². The molecule has 0 aliphatic carbocycles. The van der Waals surface area contributed by atoms with Crippen molar-refractivity contribution in [3.05, 3.63) is 47.6 Å².